The number of carbonyl (C=O) groups excluding carboxylic acids is 1. The van der Waals surface area contributed by atoms with Crippen molar-refractivity contribution in [3.63, 3.8) is 0 Å². The molecule has 0 aliphatic rings. The van der Waals surface area contributed by atoms with E-state index < -0.39 is 16.1 Å². The highest BCUT2D eigenvalue weighted by Gasteiger charge is 2.31. The van der Waals surface area contributed by atoms with Gasteiger partial charge >= 0.3 is 0 Å². The van der Waals surface area contributed by atoms with Crippen LogP contribution in [0.5, 0.6) is 0 Å². The molecule has 1 atom stereocenters. The minimum absolute atomic E-state index is 0.189. The molecule has 0 saturated carbocycles. The van der Waals surface area contributed by atoms with Crippen molar-refractivity contribution in [2.45, 2.75) is 33.7 Å². The molecule has 0 aliphatic heterocycles. The summed E-state index contributed by atoms with van der Waals surface area (Å²) in [5.74, 6) is -0.189. The van der Waals surface area contributed by atoms with Crippen LogP contribution < -0.4 is 4.31 Å². The highest BCUT2D eigenvalue weighted by atomic mass is 32.2. The van der Waals surface area contributed by atoms with Gasteiger partial charge in [-0.15, -0.1) is 0 Å². The van der Waals surface area contributed by atoms with Crippen molar-refractivity contribution < 1.29 is 13.2 Å². The number of anilines is 1. The minimum Gasteiger partial charge on any atom is -0.341 e. The van der Waals surface area contributed by atoms with Crippen molar-refractivity contribution in [3.8, 4) is 0 Å². The summed E-state index contributed by atoms with van der Waals surface area (Å²) in [5.41, 5.74) is 1.55. The molecular weight excluding hydrogens is 288 g/mol. The molecule has 1 aromatic carbocycles. The maximum atomic E-state index is 12.5. The molecule has 1 rings (SSSR count). The average molecular weight is 312 g/mol. The van der Waals surface area contributed by atoms with E-state index in [-0.39, 0.29) is 5.91 Å². The van der Waals surface area contributed by atoms with Gasteiger partial charge in [0, 0.05) is 13.1 Å². The molecule has 21 heavy (non-hydrogen) atoms. The van der Waals surface area contributed by atoms with E-state index in [0.29, 0.717) is 18.8 Å². The summed E-state index contributed by atoms with van der Waals surface area (Å²) >= 11 is 0. The zero-order valence-corrected chi connectivity index (χ0v) is 14.1. The predicted molar refractivity (Wildman–Crippen MR) is 85.9 cm³/mol. The lowest BCUT2D eigenvalue weighted by Crippen LogP contribution is -2.49. The SMILES string of the molecule is CCN(CC)C(=O)[C@H](C)N(c1ccc(C)cc1)S(C)(=O)=O. The second-order valence-electron chi connectivity index (χ2n) is 5.08. The molecule has 0 aromatic heterocycles. The quantitative estimate of drug-likeness (QED) is 0.807. The average Bonchev–Trinajstić information content (AvgIpc) is 2.41. The van der Waals surface area contributed by atoms with Crippen molar-refractivity contribution >= 4 is 21.6 Å². The third kappa shape index (κ3) is 4.20. The van der Waals surface area contributed by atoms with Gasteiger partial charge in [0.15, 0.2) is 0 Å². The Morgan fingerprint density at radius 3 is 2.00 bits per heavy atom. The maximum absolute atomic E-state index is 12.5. The van der Waals surface area contributed by atoms with Gasteiger partial charge in [-0.2, -0.15) is 0 Å². The van der Waals surface area contributed by atoms with Crippen LogP contribution in [0.15, 0.2) is 24.3 Å². The van der Waals surface area contributed by atoms with Gasteiger partial charge in [-0.3, -0.25) is 9.10 Å². The highest BCUT2D eigenvalue weighted by molar-refractivity contribution is 7.92. The summed E-state index contributed by atoms with van der Waals surface area (Å²) in [6.07, 6.45) is 1.12. The molecule has 0 N–H and O–H groups in total. The van der Waals surface area contributed by atoms with Crippen LogP contribution in [0.25, 0.3) is 0 Å². The molecule has 1 amide bonds. The Kier molecular flexibility index (Phi) is 5.78. The number of benzene rings is 1. The van der Waals surface area contributed by atoms with E-state index in [4.69, 9.17) is 0 Å². The smallest absolute Gasteiger partial charge is 0.246 e. The van der Waals surface area contributed by atoms with E-state index >= 15 is 0 Å². The van der Waals surface area contributed by atoms with Gasteiger partial charge in [0.05, 0.1) is 11.9 Å². The Labute approximate surface area is 127 Å². The van der Waals surface area contributed by atoms with E-state index in [1.165, 1.54) is 4.31 Å². The molecule has 0 radical (unpaired) electrons. The molecular formula is C15H24N2O3S. The molecule has 0 aliphatic carbocycles. The van der Waals surface area contributed by atoms with Crippen molar-refractivity contribution in [3.05, 3.63) is 29.8 Å². The molecule has 0 spiro atoms. The van der Waals surface area contributed by atoms with Crippen LogP contribution >= 0.6 is 0 Å². The Hall–Kier alpha value is -1.56. The molecule has 0 heterocycles. The fraction of sp³-hybridized carbons (Fsp3) is 0.533. The predicted octanol–water partition coefficient (Wildman–Crippen LogP) is 2.02. The number of aryl methyl sites for hydroxylation is 1. The first kappa shape index (κ1) is 17.5. The van der Waals surface area contributed by atoms with Crippen LogP contribution in [0.2, 0.25) is 0 Å². The first-order valence-electron chi connectivity index (χ1n) is 7.07. The van der Waals surface area contributed by atoms with Crippen LogP contribution in [0, 0.1) is 6.92 Å². The monoisotopic (exact) mass is 312 g/mol. The maximum Gasteiger partial charge on any atom is 0.246 e. The van der Waals surface area contributed by atoms with E-state index in [1.54, 1.807) is 24.0 Å². The van der Waals surface area contributed by atoms with Crippen molar-refractivity contribution in [2.75, 3.05) is 23.7 Å². The minimum atomic E-state index is -3.54. The molecule has 118 valence electrons. The number of hydrogen-bond donors (Lipinski definition) is 0. The molecule has 1 aromatic rings. The van der Waals surface area contributed by atoms with Crippen molar-refractivity contribution in [1.29, 1.82) is 0 Å². The van der Waals surface area contributed by atoms with Gasteiger partial charge in [-0.25, -0.2) is 8.42 Å². The molecule has 0 fully saturated rings. The number of rotatable bonds is 6. The van der Waals surface area contributed by atoms with Crippen LogP contribution in [0.3, 0.4) is 0 Å². The Balaban J connectivity index is 3.21. The summed E-state index contributed by atoms with van der Waals surface area (Å²) < 4.78 is 25.4. The molecule has 6 heteroatoms. The van der Waals surface area contributed by atoms with Crippen molar-refractivity contribution in [2.24, 2.45) is 0 Å². The van der Waals surface area contributed by atoms with Gasteiger partial charge in [-0.1, -0.05) is 17.7 Å². The first-order valence-corrected chi connectivity index (χ1v) is 8.92. The lowest BCUT2D eigenvalue weighted by atomic mass is 10.2. The van der Waals surface area contributed by atoms with Crippen LogP contribution in [0.4, 0.5) is 5.69 Å². The molecule has 5 nitrogen and oxygen atoms in total. The molecule has 0 unspecified atom stereocenters. The standard InChI is InChI=1S/C15H24N2O3S/c1-6-16(7-2)15(18)13(4)17(21(5,19)20)14-10-8-12(3)9-11-14/h8-11,13H,6-7H2,1-5H3/t13-/m0/s1. The van der Waals surface area contributed by atoms with Crippen LogP contribution in [-0.2, 0) is 14.8 Å². The van der Waals surface area contributed by atoms with E-state index in [0.717, 1.165) is 11.8 Å². The van der Waals surface area contributed by atoms with E-state index in [9.17, 15) is 13.2 Å². The van der Waals surface area contributed by atoms with Gasteiger partial charge in [0.25, 0.3) is 0 Å². The van der Waals surface area contributed by atoms with Gasteiger partial charge in [0.1, 0.15) is 6.04 Å². The van der Waals surface area contributed by atoms with Crippen LogP contribution in [-0.4, -0.2) is 44.6 Å². The zero-order valence-electron chi connectivity index (χ0n) is 13.3. The zero-order chi connectivity index (χ0) is 16.2. The molecule has 0 saturated heterocycles. The summed E-state index contributed by atoms with van der Waals surface area (Å²) in [7, 11) is -3.54. The van der Waals surface area contributed by atoms with Gasteiger partial charge in [0.2, 0.25) is 15.9 Å². The largest absolute Gasteiger partial charge is 0.341 e. The Bertz CT molecular complexity index is 577. The normalized spacial score (nSPS) is 12.8. The fourth-order valence-corrected chi connectivity index (χ4v) is 3.46. The van der Waals surface area contributed by atoms with Crippen LogP contribution in [0.1, 0.15) is 26.3 Å². The number of likely N-dealkylation sites (N-methyl/N-ethyl adjacent to an activating group) is 1. The lowest BCUT2D eigenvalue weighted by molar-refractivity contribution is -0.131. The second kappa shape index (κ2) is 6.93. The molecule has 0 bridgehead atoms. The summed E-state index contributed by atoms with van der Waals surface area (Å²) in [5, 5.41) is 0. The topological polar surface area (TPSA) is 57.7 Å². The fourth-order valence-electron chi connectivity index (χ4n) is 2.29. The lowest BCUT2D eigenvalue weighted by Gasteiger charge is -2.31. The number of sulfonamides is 1. The third-order valence-electron chi connectivity index (χ3n) is 3.43. The first-order chi connectivity index (χ1) is 9.72. The summed E-state index contributed by atoms with van der Waals surface area (Å²) in [6.45, 7) is 8.44. The summed E-state index contributed by atoms with van der Waals surface area (Å²) in [6, 6.07) is 6.36. The Morgan fingerprint density at radius 2 is 1.62 bits per heavy atom. The van der Waals surface area contributed by atoms with E-state index in [1.807, 2.05) is 32.9 Å². The number of amides is 1. The number of carbonyl (C=O) groups is 1. The van der Waals surface area contributed by atoms with Gasteiger partial charge in [-0.05, 0) is 39.8 Å². The Morgan fingerprint density at radius 1 is 1.14 bits per heavy atom. The number of nitrogens with zero attached hydrogens (tertiary/aromatic N) is 2. The second-order valence-corrected chi connectivity index (χ2v) is 6.94. The highest BCUT2D eigenvalue weighted by Crippen LogP contribution is 2.22. The summed E-state index contributed by atoms with van der Waals surface area (Å²) in [4.78, 5) is 14.1. The number of hydrogen-bond acceptors (Lipinski definition) is 3. The van der Waals surface area contributed by atoms with Crippen molar-refractivity contribution in [1.82, 2.24) is 4.90 Å². The van der Waals surface area contributed by atoms with Gasteiger partial charge < -0.3 is 4.90 Å². The van der Waals surface area contributed by atoms with E-state index in [2.05, 4.69) is 0 Å². The third-order valence-corrected chi connectivity index (χ3v) is 4.67.